The van der Waals surface area contributed by atoms with Gasteiger partial charge in [0.15, 0.2) is 5.65 Å². The molecule has 0 unspecified atom stereocenters. The second kappa shape index (κ2) is 9.87. The molecular weight excluding hydrogens is 458 g/mol. The van der Waals surface area contributed by atoms with Crippen LogP contribution in [0.15, 0.2) is 59.5 Å². The Hall–Kier alpha value is -4.11. The maximum atomic E-state index is 13.4. The highest BCUT2D eigenvalue weighted by atomic mass is 16.5. The molecule has 3 heterocycles. The monoisotopic (exact) mass is 487 g/mol. The molecule has 0 bridgehead atoms. The Morgan fingerprint density at radius 2 is 1.86 bits per heavy atom. The van der Waals surface area contributed by atoms with Gasteiger partial charge in [0.25, 0.3) is 11.5 Å². The van der Waals surface area contributed by atoms with Gasteiger partial charge in [-0.2, -0.15) is 9.61 Å². The number of para-hydroxylation sites is 1. The average Bonchev–Trinajstić information content (AvgIpc) is 3.37. The SMILES string of the molecule is COc1ccc(CN2CCc3c(c(=O)n4ncc(C(=O)NCc5ccccc5OC)c4n3C)C2)cc1. The number of carbonyl (C=O) groups excluding carboxylic acids is 1. The smallest absolute Gasteiger partial charge is 0.279 e. The van der Waals surface area contributed by atoms with E-state index in [1.165, 1.54) is 10.7 Å². The largest absolute Gasteiger partial charge is 0.497 e. The molecule has 186 valence electrons. The number of nitrogens with one attached hydrogen (secondary N) is 1. The molecule has 2 aromatic carbocycles. The maximum absolute atomic E-state index is 13.4. The topological polar surface area (TPSA) is 90.1 Å². The number of ether oxygens (including phenoxy) is 2. The molecule has 0 radical (unpaired) electrons. The highest BCUT2D eigenvalue weighted by Gasteiger charge is 2.26. The Labute approximate surface area is 208 Å². The van der Waals surface area contributed by atoms with E-state index in [0.29, 0.717) is 42.0 Å². The number of aromatic nitrogens is 3. The minimum absolute atomic E-state index is 0.179. The molecule has 0 spiro atoms. The number of carbonyl (C=O) groups is 1. The molecule has 0 fully saturated rings. The van der Waals surface area contributed by atoms with E-state index in [9.17, 15) is 9.59 Å². The molecule has 0 saturated carbocycles. The van der Waals surface area contributed by atoms with Crippen LogP contribution in [0.3, 0.4) is 0 Å². The number of methoxy groups -OCH3 is 2. The molecule has 1 aliphatic heterocycles. The van der Waals surface area contributed by atoms with Crippen LogP contribution in [0.25, 0.3) is 5.65 Å². The molecule has 5 rings (SSSR count). The third kappa shape index (κ3) is 4.33. The van der Waals surface area contributed by atoms with Crippen LogP contribution in [0.5, 0.6) is 11.5 Å². The molecule has 36 heavy (non-hydrogen) atoms. The third-order valence-electron chi connectivity index (χ3n) is 6.75. The second-order valence-electron chi connectivity index (χ2n) is 8.89. The van der Waals surface area contributed by atoms with Crippen molar-refractivity contribution in [3.63, 3.8) is 0 Å². The highest BCUT2D eigenvalue weighted by molar-refractivity contribution is 5.99. The van der Waals surface area contributed by atoms with Gasteiger partial charge in [0.2, 0.25) is 0 Å². The molecule has 1 aliphatic rings. The lowest BCUT2D eigenvalue weighted by Gasteiger charge is -2.30. The molecule has 4 aromatic rings. The number of hydrogen-bond donors (Lipinski definition) is 1. The summed E-state index contributed by atoms with van der Waals surface area (Å²) in [4.78, 5) is 28.7. The van der Waals surface area contributed by atoms with Crippen LogP contribution in [-0.2, 0) is 33.1 Å². The first-order chi connectivity index (χ1) is 17.5. The first-order valence-electron chi connectivity index (χ1n) is 11.8. The van der Waals surface area contributed by atoms with Crippen LogP contribution in [0.1, 0.15) is 32.7 Å². The van der Waals surface area contributed by atoms with Crippen molar-refractivity contribution < 1.29 is 14.3 Å². The predicted molar refractivity (Wildman–Crippen MR) is 135 cm³/mol. The van der Waals surface area contributed by atoms with E-state index < -0.39 is 0 Å². The van der Waals surface area contributed by atoms with Gasteiger partial charge in [-0.05, 0) is 23.8 Å². The number of rotatable bonds is 7. The quantitative estimate of drug-likeness (QED) is 0.431. The summed E-state index contributed by atoms with van der Waals surface area (Å²) in [6.45, 7) is 2.38. The molecule has 9 nitrogen and oxygen atoms in total. The molecule has 0 atom stereocenters. The van der Waals surface area contributed by atoms with Crippen molar-refractivity contribution in [1.82, 2.24) is 24.4 Å². The van der Waals surface area contributed by atoms with Crippen molar-refractivity contribution in [2.75, 3.05) is 20.8 Å². The van der Waals surface area contributed by atoms with E-state index >= 15 is 0 Å². The van der Waals surface area contributed by atoms with E-state index in [4.69, 9.17) is 9.47 Å². The van der Waals surface area contributed by atoms with Crippen LogP contribution >= 0.6 is 0 Å². The fraction of sp³-hybridized carbons (Fsp3) is 0.296. The number of amides is 1. The third-order valence-corrected chi connectivity index (χ3v) is 6.75. The van der Waals surface area contributed by atoms with E-state index in [1.807, 2.05) is 60.1 Å². The molecule has 1 amide bonds. The standard InChI is InChI=1S/C27H29N5O4/c1-30-23-12-13-31(16-18-8-10-20(35-2)11-9-18)17-22(23)27(34)32-26(30)21(15-29-32)25(33)28-14-19-6-4-5-7-24(19)36-3/h4-11,15H,12-14,16-17H2,1-3H3,(H,28,33). The van der Waals surface area contributed by atoms with Gasteiger partial charge in [-0.25, -0.2) is 0 Å². The minimum atomic E-state index is -0.289. The Balaban J connectivity index is 1.39. The van der Waals surface area contributed by atoms with Gasteiger partial charge in [0, 0.05) is 50.9 Å². The van der Waals surface area contributed by atoms with Gasteiger partial charge in [-0.1, -0.05) is 30.3 Å². The van der Waals surface area contributed by atoms with Crippen LogP contribution in [0.2, 0.25) is 0 Å². The maximum Gasteiger partial charge on any atom is 0.279 e. The van der Waals surface area contributed by atoms with Crippen molar-refractivity contribution in [2.45, 2.75) is 26.1 Å². The van der Waals surface area contributed by atoms with Crippen LogP contribution in [-0.4, -0.2) is 45.8 Å². The first kappa shape index (κ1) is 23.6. The van der Waals surface area contributed by atoms with Gasteiger partial charge >= 0.3 is 0 Å². The zero-order valence-corrected chi connectivity index (χ0v) is 20.7. The van der Waals surface area contributed by atoms with Crippen molar-refractivity contribution in [3.05, 3.63) is 93.0 Å². The zero-order valence-electron chi connectivity index (χ0n) is 20.7. The summed E-state index contributed by atoms with van der Waals surface area (Å²) in [6, 6.07) is 15.5. The van der Waals surface area contributed by atoms with E-state index in [1.54, 1.807) is 14.2 Å². The van der Waals surface area contributed by atoms with E-state index in [0.717, 1.165) is 35.7 Å². The van der Waals surface area contributed by atoms with Gasteiger partial charge in [-0.15, -0.1) is 0 Å². The molecule has 0 aliphatic carbocycles. The highest BCUT2D eigenvalue weighted by Crippen LogP contribution is 2.22. The Kier molecular flexibility index (Phi) is 6.47. The lowest BCUT2D eigenvalue weighted by Crippen LogP contribution is -2.38. The molecule has 0 saturated heterocycles. The fourth-order valence-electron chi connectivity index (χ4n) is 4.84. The average molecular weight is 488 g/mol. The summed E-state index contributed by atoms with van der Waals surface area (Å²) in [5.74, 6) is 1.24. The summed E-state index contributed by atoms with van der Waals surface area (Å²) >= 11 is 0. The van der Waals surface area contributed by atoms with E-state index in [2.05, 4.69) is 15.3 Å². The van der Waals surface area contributed by atoms with Crippen LogP contribution in [0, 0.1) is 0 Å². The molecular formula is C27H29N5O4. The Bertz CT molecular complexity index is 1470. The van der Waals surface area contributed by atoms with Gasteiger partial charge in [-0.3, -0.25) is 14.5 Å². The fourth-order valence-corrected chi connectivity index (χ4v) is 4.84. The zero-order chi connectivity index (χ0) is 25.2. The summed E-state index contributed by atoms with van der Waals surface area (Å²) in [5, 5.41) is 7.22. The number of fused-ring (bicyclic) bond motifs is 2. The first-order valence-corrected chi connectivity index (χ1v) is 11.8. The Morgan fingerprint density at radius 1 is 1.08 bits per heavy atom. The van der Waals surface area contributed by atoms with Crippen LogP contribution in [0.4, 0.5) is 0 Å². The van der Waals surface area contributed by atoms with Crippen molar-refractivity contribution in [1.29, 1.82) is 0 Å². The summed E-state index contributed by atoms with van der Waals surface area (Å²) in [6.07, 6.45) is 2.18. The van der Waals surface area contributed by atoms with E-state index in [-0.39, 0.29) is 11.5 Å². The lowest BCUT2D eigenvalue weighted by atomic mass is 10.1. The number of nitrogens with zero attached hydrogens (tertiary/aromatic N) is 4. The summed E-state index contributed by atoms with van der Waals surface area (Å²) < 4.78 is 13.9. The Morgan fingerprint density at radius 3 is 2.61 bits per heavy atom. The summed E-state index contributed by atoms with van der Waals surface area (Å²) in [7, 11) is 5.15. The normalized spacial score (nSPS) is 13.4. The van der Waals surface area contributed by atoms with Gasteiger partial charge in [0.05, 0.1) is 26.0 Å². The number of aryl methyl sites for hydroxylation is 1. The van der Waals surface area contributed by atoms with Gasteiger partial charge in [0.1, 0.15) is 17.1 Å². The van der Waals surface area contributed by atoms with Crippen molar-refractivity contribution in [3.8, 4) is 11.5 Å². The number of benzene rings is 2. The van der Waals surface area contributed by atoms with Crippen molar-refractivity contribution >= 4 is 11.6 Å². The lowest BCUT2D eigenvalue weighted by molar-refractivity contribution is 0.0952. The van der Waals surface area contributed by atoms with Gasteiger partial charge < -0.3 is 19.4 Å². The second-order valence-corrected chi connectivity index (χ2v) is 8.89. The molecule has 2 aromatic heterocycles. The van der Waals surface area contributed by atoms with Crippen molar-refractivity contribution in [2.24, 2.45) is 7.05 Å². The molecule has 9 heteroatoms. The van der Waals surface area contributed by atoms with Crippen LogP contribution < -0.4 is 20.3 Å². The predicted octanol–water partition coefficient (Wildman–Crippen LogP) is 2.54. The molecule has 1 N–H and O–H groups in total. The minimum Gasteiger partial charge on any atom is -0.497 e. The number of hydrogen-bond acceptors (Lipinski definition) is 6. The summed E-state index contributed by atoms with van der Waals surface area (Å²) in [5.41, 5.74) is 4.37.